The first kappa shape index (κ1) is 21.4. The second-order valence-electron chi connectivity index (χ2n) is 4.21. The Morgan fingerprint density at radius 3 is 1.46 bits per heavy atom. The van der Waals surface area contributed by atoms with E-state index in [1.54, 1.807) is 0 Å². The van der Waals surface area contributed by atoms with E-state index in [1.807, 2.05) is 0 Å². The Kier molecular flexibility index (Phi) is 7.54. The molecule has 2 rings (SSSR count). The third-order valence-electron chi connectivity index (χ3n) is 2.76. The zero-order valence-corrected chi connectivity index (χ0v) is 18.4. The van der Waals surface area contributed by atoms with Crippen LogP contribution in [-0.4, -0.2) is 0 Å². The van der Waals surface area contributed by atoms with Gasteiger partial charge in [0, 0.05) is 5.56 Å². The molecular formula is C13H2Cl10O. The van der Waals surface area contributed by atoms with Crippen LogP contribution in [0.2, 0.25) is 40.2 Å². The van der Waals surface area contributed by atoms with Crippen molar-refractivity contribution in [3.63, 3.8) is 0 Å². The molecule has 0 amide bonds. The van der Waals surface area contributed by atoms with Crippen molar-refractivity contribution in [2.24, 2.45) is 0 Å². The molecule has 11 heteroatoms. The maximum Gasteiger partial charge on any atom is 0.167 e. The van der Waals surface area contributed by atoms with Crippen molar-refractivity contribution in [3.05, 3.63) is 51.8 Å². The van der Waals surface area contributed by atoms with Crippen LogP contribution in [0.4, 0.5) is 0 Å². The highest BCUT2D eigenvalue weighted by Crippen LogP contribution is 2.52. The van der Waals surface area contributed by atoms with E-state index in [-0.39, 0.29) is 57.2 Å². The summed E-state index contributed by atoms with van der Waals surface area (Å²) in [5.41, 5.74) is 0.280. The number of hydrogen-bond acceptors (Lipinski definition) is 1. The highest BCUT2D eigenvalue weighted by Gasteiger charge is 2.24. The SMILES string of the molecule is Clc1c(Oc2c(Cl)c(Cl)c(Cl)c(Cl)c2Cl)cc(C(Cl)Cl)c(Cl)c1Cl. The van der Waals surface area contributed by atoms with Gasteiger partial charge in [-0.2, -0.15) is 0 Å². The van der Waals surface area contributed by atoms with Gasteiger partial charge < -0.3 is 4.74 Å². The molecule has 24 heavy (non-hydrogen) atoms. The fourth-order valence-corrected chi connectivity index (χ4v) is 3.97. The van der Waals surface area contributed by atoms with Gasteiger partial charge in [-0.25, -0.2) is 0 Å². The fourth-order valence-electron chi connectivity index (χ4n) is 1.62. The molecular weight excluding hydrogens is 527 g/mol. The highest BCUT2D eigenvalue weighted by molar-refractivity contribution is 6.56. The molecule has 0 spiro atoms. The normalized spacial score (nSPS) is 11.3. The van der Waals surface area contributed by atoms with Gasteiger partial charge in [-0.3, -0.25) is 0 Å². The van der Waals surface area contributed by atoms with Gasteiger partial charge in [-0.1, -0.05) is 92.8 Å². The zero-order chi connectivity index (χ0) is 18.3. The lowest BCUT2D eigenvalue weighted by Gasteiger charge is -2.17. The molecule has 130 valence electrons. The van der Waals surface area contributed by atoms with Gasteiger partial charge in [0.1, 0.15) is 25.7 Å². The second-order valence-corrected chi connectivity index (χ2v) is 8.33. The van der Waals surface area contributed by atoms with Gasteiger partial charge in [0.15, 0.2) is 5.75 Å². The molecule has 0 aliphatic heterocycles. The van der Waals surface area contributed by atoms with Gasteiger partial charge in [0.05, 0.1) is 25.1 Å². The first-order valence-corrected chi connectivity index (χ1v) is 9.62. The Morgan fingerprint density at radius 2 is 1.00 bits per heavy atom. The van der Waals surface area contributed by atoms with E-state index in [1.165, 1.54) is 6.07 Å². The van der Waals surface area contributed by atoms with Crippen LogP contribution in [0.5, 0.6) is 11.5 Å². The molecule has 0 aliphatic rings. The third kappa shape index (κ3) is 4.02. The second kappa shape index (κ2) is 8.44. The Labute approximate surface area is 187 Å². The van der Waals surface area contributed by atoms with Crippen molar-refractivity contribution in [3.8, 4) is 11.5 Å². The lowest BCUT2D eigenvalue weighted by atomic mass is 10.2. The molecule has 2 aromatic rings. The molecule has 2 aromatic carbocycles. The van der Waals surface area contributed by atoms with Crippen molar-refractivity contribution in [2.75, 3.05) is 0 Å². The smallest absolute Gasteiger partial charge is 0.167 e. The van der Waals surface area contributed by atoms with E-state index in [4.69, 9.17) is 121 Å². The molecule has 0 atom stereocenters. The lowest BCUT2D eigenvalue weighted by Crippen LogP contribution is -1.94. The predicted octanol–water partition coefficient (Wildman–Crippen LogP) is 10.2. The predicted molar refractivity (Wildman–Crippen MR) is 107 cm³/mol. The highest BCUT2D eigenvalue weighted by atomic mass is 35.5. The van der Waals surface area contributed by atoms with Crippen LogP contribution >= 0.6 is 116 Å². The summed E-state index contributed by atoms with van der Waals surface area (Å²) in [6.07, 6.45) is 0. The van der Waals surface area contributed by atoms with E-state index in [0.717, 1.165) is 0 Å². The Balaban J connectivity index is 2.66. The summed E-state index contributed by atoms with van der Waals surface area (Å²) in [7, 11) is 0. The van der Waals surface area contributed by atoms with E-state index >= 15 is 0 Å². The van der Waals surface area contributed by atoms with Crippen molar-refractivity contribution < 1.29 is 4.74 Å². The van der Waals surface area contributed by atoms with Crippen molar-refractivity contribution >= 4 is 116 Å². The monoisotopic (exact) mass is 524 g/mol. The molecule has 0 unspecified atom stereocenters. The molecule has 0 fully saturated rings. The lowest BCUT2D eigenvalue weighted by molar-refractivity contribution is 0.483. The Morgan fingerprint density at radius 1 is 0.583 bits per heavy atom. The van der Waals surface area contributed by atoms with Crippen LogP contribution in [-0.2, 0) is 0 Å². The Hall–Kier alpha value is 1.14. The summed E-state index contributed by atoms with van der Waals surface area (Å²) < 4.78 is 5.63. The van der Waals surface area contributed by atoms with Crippen LogP contribution in [0.3, 0.4) is 0 Å². The van der Waals surface area contributed by atoms with Crippen molar-refractivity contribution in [2.45, 2.75) is 4.84 Å². The molecule has 0 bridgehead atoms. The summed E-state index contributed by atoms with van der Waals surface area (Å²) in [5, 5.41) is -0.125. The average molecular weight is 529 g/mol. The van der Waals surface area contributed by atoms with Gasteiger partial charge in [0.2, 0.25) is 0 Å². The third-order valence-corrected chi connectivity index (χ3v) is 6.82. The van der Waals surface area contributed by atoms with E-state index in [2.05, 4.69) is 0 Å². The molecule has 0 saturated heterocycles. The van der Waals surface area contributed by atoms with Crippen LogP contribution < -0.4 is 4.74 Å². The van der Waals surface area contributed by atoms with Gasteiger partial charge in [-0.05, 0) is 6.07 Å². The van der Waals surface area contributed by atoms with Crippen molar-refractivity contribution in [1.82, 2.24) is 0 Å². The minimum Gasteiger partial charge on any atom is -0.452 e. The fraction of sp³-hybridized carbons (Fsp3) is 0.0769. The molecule has 0 radical (unpaired) electrons. The summed E-state index contributed by atoms with van der Waals surface area (Å²) in [5.74, 6) is -0.0183. The quantitative estimate of drug-likeness (QED) is 0.219. The summed E-state index contributed by atoms with van der Waals surface area (Å²) >= 11 is 60.1. The first-order chi connectivity index (χ1) is 11.1. The molecule has 0 aromatic heterocycles. The van der Waals surface area contributed by atoms with E-state index < -0.39 is 4.84 Å². The largest absolute Gasteiger partial charge is 0.452 e. The average Bonchev–Trinajstić information content (AvgIpc) is 2.54. The minimum absolute atomic E-state index is 0.00413. The minimum atomic E-state index is -0.974. The van der Waals surface area contributed by atoms with E-state index in [9.17, 15) is 0 Å². The summed E-state index contributed by atoms with van der Waals surface area (Å²) in [6, 6.07) is 1.39. The maximum atomic E-state index is 6.13. The van der Waals surface area contributed by atoms with Crippen LogP contribution in [0.1, 0.15) is 10.4 Å². The summed E-state index contributed by atoms with van der Waals surface area (Å²) in [4.78, 5) is -0.974. The van der Waals surface area contributed by atoms with E-state index in [0.29, 0.717) is 0 Å². The Bertz CT molecular complexity index is 788. The number of rotatable bonds is 3. The first-order valence-electron chi connectivity index (χ1n) is 5.72. The molecule has 0 saturated carbocycles. The molecule has 0 N–H and O–H groups in total. The van der Waals surface area contributed by atoms with Gasteiger partial charge >= 0.3 is 0 Å². The standard InChI is InChI=1S/C13H2Cl10O/c14-4-2(13(22)23)1-3(5(15)6(4)16)24-12-10(20)8(18)7(17)9(19)11(12)21/h1,13H. The number of benzene rings is 2. The summed E-state index contributed by atoms with van der Waals surface area (Å²) in [6.45, 7) is 0. The maximum absolute atomic E-state index is 6.13. The molecule has 0 aliphatic carbocycles. The topological polar surface area (TPSA) is 9.23 Å². The van der Waals surface area contributed by atoms with Gasteiger partial charge in [-0.15, -0.1) is 23.2 Å². The number of halogens is 10. The number of hydrogen-bond donors (Lipinski definition) is 0. The van der Waals surface area contributed by atoms with Crippen LogP contribution in [0.25, 0.3) is 0 Å². The van der Waals surface area contributed by atoms with Gasteiger partial charge in [0.25, 0.3) is 0 Å². The zero-order valence-electron chi connectivity index (χ0n) is 10.8. The number of alkyl halides is 2. The molecule has 1 nitrogen and oxygen atoms in total. The number of ether oxygens (including phenoxy) is 1. The molecule has 0 heterocycles. The van der Waals surface area contributed by atoms with Crippen LogP contribution in [0.15, 0.2) is 6.07 Å². The van der Waals surface area contributed by atoms with Crippen LogP contribution in [0, 0.1) is 0 Å². The van der Waals surface area contributed by atoms with Crippen molar-refractivity contribution in [1.29, 1.82) is 0 Å².